The van der Waals surface area contributed by atoms with E-state index in [1.165, 1.54) is 7.11 Å². The highest BCUT2D eigenvalue weighted by atomic mass is 35.5. The van der Waals surface area contributed by atoms with Crippen molar-refractivity contribution in [2.75, 3.05) is 18.4 Å². The van der Waals surface area contributed by atoms with Crippen LogP contribution >= 0.6 is 34.8 Å². The second-order valence-electron chi connectivity index (χ2n) is 2.28. The Balaban J connectivity index is 3.13. The highest BCUT2D eigenvalue weighted by Gasteiger charge is 2.08. The predicted molar refractivity (Wildman–Crippen MR) is 57.4 cm³/mol. The van der Waals surface area contributed by atoms with Gasteiger partial charge in [-0.3, -0.25) is 0 Å². The maximum atomic E-state index is 5.88. The average molecular weight is 241 g/mol. The van der Waals surface area contributed by atoms with Crippen LogP contribution in [-0.4, -0.2) is 13.1 Å². The topological polar surface area (TPSA) is 21.3 Å². The molecular formula is C8H8Cl3NO. The summed E-state index contributed by atoms with van der Waals surface area (Å²) in [5, 5.41) is 3.88. The minimum atomic E-state index is 0.271. The van der Waals surface area contributed by atoms with Gasteiger partial charge in [-0.1, -0.05) is 23.2 Å². The molecule has 13 heavy (non-hydrogen) atoms. The molecule has 5 heteroatoms. The van der Waals surface area contributed by atoms with Crippen LogP contribution < -0.4 is 10.1 Å². The molecule has 0 amide bonds. The Morgan fingerprint density at radius 3 is 2.62 bits per heavy atom. The SMILES string of the molecule is COc1c(Cl)cc(Cl)cc1NCCl. The summed E-state index contributed by atoms with van der Waals surface area (Å²) in [4.78, 5) is 0. The Hall–Kier alpha value is -0.310. The van der Waals surface area contributed by atoms with Gasteiger partial charge in [0.2, 0.25) is 0 Å². The molecule has 0 aliphatic carbocycles. The Morgan fingerprint density at radius 2 is 2.08 bits per heavy atom. The van der Waals surface area contributed by atoms with Crippen LogP contribution in [0.15, 0.2) is 12.1 Å². The molecule has 0 unspecified atom stereocenters. The number of hydrogen-bond donors (Lipinski definition) is 1. The molecule has 1 rings (SSSR count). The number of alkyl halides is 1. The van der Waals surface area contributed by atoms with Crippen molar-refractivity contribution in [2.24, 2.45) is 0 Å². The lowest BCUT2D eigenvalue weighted by atomic mass is 10.3. The van der Waals surface area contributed by atoms with Gasteiger partial charge in [0.1, 0.15) is 0 Å². The van der Waals surface area contributed by atoms with Gasteiger partial charge < -0.3 is 10.1 Å². The molecule has 0 aromatic heterocycles. The van der Waals surface area contributed by atoms with E-state index in [2.05, 4.69) is 5.32 Å². The first-order valence-corrected chi connectivity index (χ1v) is 4.81. The van der Waals surface area contributed by atoms with Gasteiger partial charge >= 0.3 is 0 Å². The van der Waals surface area contributed by atoms with E-state index in [1.54, 1.807) is 12.1 Å². The van der Waals surface area contributed by atoms with E-state index >= 15 is 0 Å². The summed E-state index contributed by atoms with van der Waals surface area (Å²) >= 11 is 17.2. The van der Waals surface area contributed by atoms with E-state index in [-0.39, 0.29) is 6.00 Å². The Kier molecular flexibility index (Phi) is 3.97. The molecule has 2 nitrogen and oxygen atoms in total. The third kappa shape index (κ3) is 2.56. The van der Waals surface area contributed by atoms with Gasteiger partial charge in [-0.2, -0.15) is 0 Å². The Morgan fingerprint density at radius 1 is 1.38 bits per heavy atom. The van der Waals surface area contributed by atoms with Gasteiger partial charge in [0, 0.05) is 5.02 Å². The number of halogens is 3. The van der Waals surface area contributed by atoms with Crippen LogP contribution in [0.1, 0.15) is 0 Å². The first kappa shape index (κ1) is 10.8. The molecule has 0 saturated heterocycles. The Bertz CT molecular complexity index is 304. The largest absolute Gasteiger partial charge is 0.493 e. The van der Waals surface area contributed by atoms with Crippen LogP contribution in [0.3, 0.4) is 0 Å². The molecule has 0 aliphatic heterocycles. The molecule has 0 heterocycles. The van der Waals surface area contributed by atoms with E-state index < -0.39 is 0 Å². The molecular weight excluding hydrogens is 232 g/mol. The lowest BCUT2D eigenvalue weighted by Gasteiger charge is -2.10. The van der Waals surface area contributed by atoms with Crippen molar-refractivity contribution in [1.29, 1.82) is 0 Å². The van der Waals surface area contributed by atoms with Crippen molar-refractivity contribution in [3.05, 3.63) is 22.2 Å². The lowest BCUT2D eigenvalue weighted by Crippen LogP contribution is -1.98. The normalized spacial score (nSPS) is 9.85. The molecule has 0 saturated carbocycles. The van der Waals surface area contributed by atoms with Crippen LogP contribution in [-0.2, 0) is 0 Å². The number of methoxy groups -OCH3 is 1. The molecule has 0 radical (unpaired) electrons. The summed E-state index contributed by atoms with van der Waals surface area (Å²) < 4.78 is 5.07. The number of ether oxygens (including phenoxy) is 1. The smallest absolute Gasteiger partial charge is 0.160 e. The quantitative estimate of drug-likeness (QED) is 0.644. The highest BCUT2D eigenvalue weighted by molar-refractivity contribution is 6.36. The number of benzene rings is 1. The highest BCUT2D eigenvalue weighted by Crippen LogP contribution is 2.35. The van der Waals surface area contributed by atoms with E-state index in [0.29, 0.717) is 21.5 Å². The molecule has 0 fully saturated rings. The van der Waals surface area contributed by atoms with Crippen molar-refractivity contribution < 1.29 is 4.74 Å². The van der Waals surface area contributed by atoms with Crippen LogP contribution in [0.25, 0.3) is 0 Å². The van der Waals surface area contributed by atoms with Gasteiger partial charge in [0.15, 0.2) is 5.75 Å². The fraction of sp³-hybridized carbons (Fsp3) is 0.250. The molecule has 1 N–H and O–H groups in total. The monoisotopic (exact) mass is 239 g/mol. The first-order chi connectivity index (χ1) is 6.19. The van der Waals surface area contributed by atoms with E-state index in [4.69, 9.17) is 39.5 Å². The fourth-order valence-corrected chi connectivity index (χ4v) is 1.69. The number of hydrogen-bond acceptors (Lipinski definition) is 2. The van der Waals surface area contributed by atoms with Crippen molar-refractivity contribution in [3.8, 4) is 5.75 Å². The van der Waals surface area contributed by atoms with E-state index in [1.807, 2.05) is 0 Å². The molecule has 1 aromatic rings. The number of anilines is 1. The number of nitrogens with one attached hydrogen (secondary N) is 1. The van der Waals surface area contributed by atoms with Crippen LogP contribution in [0.2, 0.25) is 10.0 Å². The Labute approximate surface area is 91.7 Å². The minimum Gasteiger partial charge on any atom is -0.493 e. The van der Waals surface area contributed by atoms with Crippen LogP contribution in [0, 0.1) is 0 Å². The van der Waals surface area contributed by atoms with E-state index in [0.717, 1.165) is 0 Å². The molecule has 1 aromatic carbocycles. The summed E-state index contributed by atoms with van der Waals surface area (Å²) in [7, 11) is 1.54. The summed E-state index contributed by atoms with van der Waals surface area (Å²) in [5.74, 6) is 0.548. The molecule has 0 aliphatic rings. The van der Waals surface area contributed by atoms with Gasteiger partial charge in [0.05, 0.1) is 23.8 Å². The zero-order chi connectivity index (χ0) is 9.84. The average Bonchev–Trinajstić information content (AvgIpc) is 2.04. The predicted octanol–water partition coefficient (Wildman–Crippen LogP) is 3.61. The third-order valence-corrected chi connectivity index (χ3v) is 2.10. The molecule has 72 valence electrons. The van der Waals surface area contributed by atoms with Crippen LogP contribution in [0.4, 0.5) is 5.69 Å². The fourth-order valence-electron chi connectivity index (χ4n) is 0.971. The maximum Gasteiger partial charge on any atom is 0.160 e. The zero-order valence-corrected chi connectivity index (χ0v) is 9.17. The van der Waals surface area contributed by atoms with Crippen molar-refractivity contribution in [2.45, 2.75) is 0 Å². The maximum absolute atomic E-state index is 5.88. The second kappa shape index (κ2) is 4.80. The summed E-state index contributed by atoms with van der Waals surface area (Å²) in [5.41, 5.74) is 0.690. The minimum absolute atomic E-state index is 0.271. The van der Waals surface area contributed by atoms with Gasteiger partial charge in [-0.15, -0.1) is 11.6 Å². The molecule has 0 spiro atoms. The first-order valence-electron chi connectivity index (χ1n) is 3.52. The van der Waals surface area contributed by atoms with Crippen molar-refractivity contribution >= 4 is 40.5 Å². The molecule has 0 bridgehead atoms. The summed E-state index contributed by atoms with van der Waals surface area (Å²) in [6.45, 7) is 0. The number of rotatable bonds is 3. The van der Waals surface area contributed by atoms with Gasteiger partial charge in [0.25, 0.3) is 0 Å². The van der Waals surface area contributed by atoms with Gasteiger partial charge in [-0.05, 0) is 12.1 Å². The summed E-state index contributed by atoms with van der Waals surface area (Å²) in [6, 6.07) is 3.59. The van der Waals surface area contributed by atoms with Gasteiger partial charge in [-0.25, -0.2) is 0 Å². The second-order valence-corrected chi connectivity index (χ2v) is 3.39. The molecule has 0 atom stereocenters. The van der Waals surface area contributed by atoms with Crippen LogP contribution in [0.5, 0.6) is 5.75 Å². The lowest BCUT2D eigenvalue weighted by molar-refractivity contribution is 0.417. The zero-order valence-electron chi connectivity index (χ0n) is 6.90. The van der Waals surface area contributed by atoms with Crippen molar-refractivity contribution in [3.63, 3.8) is 0 Å². The van der Waals surface area contributed by atoms with Crippen molar-refractivity contribution in [1.82, 2.24) is 0 Å². The van der Waals surface area contributed by atoms with E-state index in [9.17, 15) is 0 Å². The third-order valence-electron chi connectivity index (χ3n) is 1.47. The summed E-state index contributed by atoms with van der Waals surface area (Å²) in [6.07, 6.45) is 0. The standard InChI is InChI=1S/C8H8Cl3NO/c1-13-8-6(11)2-5(10)3-7(8)12-4-9/h2-3,12H,4H2,1H3.